The maximum atomic E-state index is 9.96. The maximum absolute atomic E-state index is 9.96. The number of hydrogen-bond donors (Lipinski definition) is 1. The van der Waals surface area contributed by atoms with Crippen molar-refractivity contribution < 1.29 is 4.74 Å². The average molecular weight is 468 g/mol. The van der Waals surface area contributed by atoms with Gasteiger partial charge in [-0.05, 0) is 47.6 Å². The molecule has 8 nitrogen and oxygen atoms in total. The van der Waals surface area contributed by atoms with Gasteiger partial charge in [0.2, 0.25) is 0 Å². The van der Waals surface area contributed by atoms with E-state index in [1.54, 1.807) is 0 Å². The van der Waals surface area contributed by atoms with Crippen molar-refractivity contribution in [2.24, 2.45) is 0 Å². The molecule has 4 rings (SSSR count). The number of hydrogen-bond acceptors (Lipinski definition) is 7. The van der Waals surface area contributed by atoms with Gasteiger partial charge in [-0.25, -0.2) is 14.6 Å². The SMILES string of the molecule is CCOc1c(C(C)n2nc(C)c3c(N)ncnc32)cc(Cl)c(C#N)c1C1CN(C(C)(C)C)C1. The van der Waals surface area contributed by atoms with Crippen LogP contribution in [-0.4, -0.2) is 49.9 Å². The lowest BCUT2D eigenvalue weighted by Crippen LogP contribution is -2.54. The predicted octanol–water partition coefficient (Wildman–Crippen LogP) is 4.45. The van der Waals surface area contributed by atoms with Crippen LogP contribution in [0.15, 0.2) is 12.4 Å². The van der Waals surface area contributed by atoms with Gasteiger partial charge in [-0.1, -0.05) is 11.6 Å². The zero-order chi connectivity index (χ0) is 24.1. The fourth-order valence-corrected chi connectivity index (χ4v) is 4.83. The number of rotatable bonds is 5. The van der Waals surface area contributed by atoms with Gasteiger partial charge in [0.15, 0.2) is 5.65 Å². The predicted molar refractivity (Wildman–Crippen MR) is 130 cm³/mol. The number of nitrogens with zero attached hydrogens (tertiary/aromatic N) is 6. The van der Waals surface area contributed by atoms with Gasteiger partial charge in [-0.2, -0.15) is 10.4 Å². The van der Waals surface area contributed by atoms with Gasteiger partial charge in [0, 0.05) is 35.7 Å². The molecular weight excluding hydrogens is 438 g/mol. The first-order valence-corrected chi connectivity index (χ1v) is 11.6. The van der Waals surface area contributed by atoms with Crippen molar-refractivity contribution in [3.63, 3.8) is 0 Å². The molecule has 33 heavy (non-hydrogen) atoms. The fourth-order valence-electron chi connectivity index (χ4n) is 4.57. The van der Waals surface area contributed by atoms with Gasteiger partial charge in [0.1, 0.15) is 24.0 Å². The summed E-state index contributed by atoms with van der Waals surface area (Å²) in [5.41, 5.74) is 9.81. The summed E-state index contributed by atoms with van der Waals surface area (Å²) in [6.07, 6.45) is 1.44. The first kappa shape index (κ1) is 23.3. The maximum Gasteiger partial charge on any atom is 0.164 e. The van der Waals surface area contributed by atoms with Crippen molar-refractivity contribution >= 4 is 28.5 Å². The van der Waals surface area contributed by atoms with E-state index >= 15 is 0 Å². The highest BCUT2D eigenvalue weighted by molar-refractivity contribution is 6.32. The number of benzene rings is 1. The zero-order valence-corrected chi connectivity index (χ0v) is 20.7. The lowest BCUT2D eigenvalue weighted by molar-refractivity contribution is 0.0458. The van der Waals surface area contributed by atoms with Crippen molar-refractivity contribution in [2.45, 2.75) is 59.0 Å². The molecule has 1 saturated heterocycles. The molecule has 2 aromatic heterocycles. The Bertz CT molecular complexity index is 1250. The van der Waals surface area contributed by atoms with Crippen LogP contribution < -0.4 is 10.5 Å². The van der Waals surface area contributed by atoms with E-state index in [0.29, 0.717) is 34.4 Å². The summed E-state index contributed by atoms with van der Waals surface area (Å²) in [4.78, 5) is 10.9. The topological polar surface area (TPSA) is 106 Å². The molecule has 3 heterocycles. The highest BCUT2D eigenvalue weighted by atomic mass is 35.5. The Morgan fingerprint density at radius 1 is 1.33 bits per heavy atom. The van der Waals surface area contributed by atoms with Crippen LogP contribution in [0.2, 0.25) is 5.02 Å². The van der Waals surface area contributed by atoms with Crippen LogP contribution in [0.25, 0.3) is 11.0 Å². The Balaban J connectivity index is 1.87. The number of nitrogens with two attached hydrogens (primary N) is 1. The van der Waals surface area contributed by atoms with Crippen molar-refractivity contribution in [1.29, 1.82) is 5.26 Å². The second-order valence-electron chi connectivity index (χ2n) is 9.55. The van der Waals surface area contributed by atoms with Crippen molar-refractivity contribution in [2.75, 3.05) is 25.4 Å². The quantitative estimate of drug-likeness (QED) is 0.590. The second-order valence-corrected chi connectivity index (χ2v) is 9.95. The molecule has 174 valence electrons. The smallest absolute Gasteiger partial charge is 0.164 e. The van der Waals surface area contributed by atoms with Crippen LogP contribution >= 0.6 is 11.6 Å². The molecule has 1 fully saturated rings. The Labute approximate surface area is 199 Å². The van der Waals surface area contributed by atoms with E-state index in [-0.39, 0.29) is 17.5 Å². The zero-order valence-electron chi connectivity index (χ0n) is 20.0. The molecule has 1 aliphatic rings. The third-order valence-electron chi connectivity index (χ3n) is 6.45. The molecule has 3 aromatic rings. The van der Waals surface area contributed by atoms with E-state index in [1.165, 1.54) is 6.33 Å². The minimum absolute atomic E-state index is 0.0644. The molecule has 1 aromatic carbocycles. The molecule has 0 bridgehead atoms. The first-order valence-electron chi connectivity index (χ1n) is 11.2. The summed E-state index contributed by atoms with van der Waals surface area (Å²) in [6.45, 7) is 14.6. The van der Waals surface area contributed by atoms with Crippen LogP contribution in [0.1, 0.15) is 69.0 Å². The number of likely N-dealkylation sites (tertiary alicyclic amines) is 1. The van der Waals surface area contributed by atoms with Crippen LogP contribution in [0.3, 0.4) is 0 Å². The number of nitrogen functional groups attached to an aromatic ring is 1. The van der Waals surface area contributed by atoms with Crippen LogP contribution in [-0.2, 0) is 0 Å². The van der Waals surface area contributed by atoms with E-state index in [0.717, 1.165) is 35.3 Å². The molecule has 1 aliphatic heterocycles. The monoisotopic (exact) mass is 467 g/mol. The lowest BCUT2D eigenvalue weighted by Gasteiger charge is -2.48. The number of nitriles is 1. The van der Waals surface area contributed by atoms with Crippen LogP contribution in [0.4, 0.5) is 5.82 Å². The molecule has 0 saturated carbocycles. The first-order chi connectivity index (χ1) is 15.6. The van der Waals surface area contributed by atoms with E-state index < -0.39 is 0 Å². The molecule has 1 atom stereocenters. The highest BCUT2D eigenvalue weighted by Gasteiger charge is 2.39. The van der Waals surface area contributed by atoms with Gasteiger partial charge in [-0.15, -0.1) is 0 Å². The van der Waals surface area contributed by atoms with E-state index in [1.807, 2.05) is 31.5 Å². The summed E-state index contributed by atoms with van der Waals surface area (Å²) < 4.78 is 8.03. The number of ether oxygens (including phenoxy) is 1. The summed E-state index contributed by atoms with van der Waals surface area (Å²) in [5, 5.41) is 15.8. The number of aryl methyl sites for hydroxylation is 1. The standard InChI is InChI=1S/C24H30ClN7O/c1-7-33-21-16(14(3)32-23-19(13(2)30-32)22(27)28-12-29-23)8-18(25)17(9-26)20(21)15-10-31(11-15)24(4,5)6/h8,12,14-15H,7,10-11H2,1-6H3,(H2,27,28,29). The number of aromatic nitrogens is 4. The third-order valence-corrected chi connectivity index (χ3v) is 6.74. The minimum Gasteiger partial charge on any atom is -0.493 e. The van der Waals surface area contributed by atoms with Gasteiger partial charge in [-0.3, -0.25) is 4.90 Å². The van der Waals surface area contributed by atoms with Crippen molar-refractivity contribution in [1.82, 2.24) is 24.6 Å². The second kappa shape index (κ2) is 8.47. The van der Waals surface area contributed by atoms with Gasteiger partial charge in [0.05, 0.1) is 34.3 Å². The highest BCUT2D eigenvalue weighted by Crippen LogP contribution is 2.45. The summed E-state index contributed by atoms with van der Waals surface area (Å²) in [5.74, 6) is 1.28. The molecule has 0 amide bonds. The molecule has 1 unspecified atom stereocenters. The van der Waals surface area contributed by atoms with Gasteiger partial charge < -0.3 is 10.5 Å². The lowest BCUT2D eigenvalue weighted by atomic mass is 9.82. The Morgan fingerprint density at radius 3 is 2.64 bits per heavy atom. The number of fused-ring (bicyclic) bond motifs is 1. The van der Waals surface area contributed by atoms with E-state index in [9.17, 15) is 5.26 Å². The van der Waals surface area contributed by atoms with Gasteiger partial charge in [0.25, 0.3) is 0 Å². The third kappa shape index (κ3) is 3.90. The summed E-state index contributed by atoms with van der Waals surface area (Å²) in [6, 6.07) is 3.90. The minimum atomic E-state index is -0.250. The Kier molecular flexibility index (Phi) is 5.97. The molecular formula is C24H30ClN7O. The molecule has 0 spiro atoms. The van der Waals surface area contributed by atoms with E-state index in [4.69, 9.17) is 27.2 Å². The Morgan fingerprint density at radius 2 is 2.03 bits per heavy atom. The van der Waals surface area contributed by atoms with Crippen LogP contribution in [0.5, 0.6) is 5.75 Å². The largest absolute Gasteiger partial charge is 0.493 e. The number of halogens is 1. The molecule has 9 heteroatoms. The molecule has 2 N–H and O–H groups in total. The van der Waals surface area contributed by atoms with Gasteiger partial charge >= 0.3 is 0 Å². The average Bonchev–Trinajstić information content (AvgIpc) is 3.05. The normalized spacial score (nSPS) is 15.9. The summed E-state index contributed by atoms with van der Waals surface area (Å²) >= 11 is 6.67. The van der Waals surface area contributed by atoms with E-state index in [2.05, 4.69) is 41.7 Å². The summed E-state index contributed by atoms with van der Waals surface area (Å²) in [7, 11) is 0. The molecule has 0 radical (unpaired) electrons. The number of anilines is 1. The van der Waals surface area contributed by atoms with Crippen molar-refractivity contribution in [3.05, 3.63) is 39.8 Å². The Hall–Kier alpha value is -2.89. The van der Waals surface area contributed by atoms with Crippen LogP contribution in [0, 0.1) is 18.3 Å². The molecule has 0 aliphatic carbocycles. The van der Waals surface area contributed by atoms with Crippen molar-refractivity contribution in [3.8, 4) is 11.8 Å². The fraction of sp³-hybridized carbons (Fsp3) is 0.500.